The highest BCUT2D eigenvalue weighted by Gasteiger charge is 2.17. The molecule has 178 valence electrons. The standard InChI is InChI=1S/C22H31N7O4/c1-8-20(30)24-15-13-16(18(32-6)14-17(15)28(4)12-11-27(2)3)25-21-23-10-9-19(26-21)29(5)22(31)33-7/h8-10,13-14H,1,11-12H2,2-7H3,(H,24,30)(H,23,25,26). The van der Waals surface area contributed by atoms with Gasteiger partial charge in [0.2, 0.25) is 11.9 Å². The predicted octanol–water partition coefficient (Wildman–Crippen LogP) is 2.55. The number of nitrogens with zero attached hydrogens (tertiary/aromatic N) is 5. The minimum absolute atomic E-state index is 0.233. The second-order valence-electron chi connectivity index (χ2n) is 7.38. The second kappa shape index (κ2) is 11.7. The van der Waals surface area contributed by atoms with Crippen molar-refractivity contribution < 1.29 is 19.1 Å². The van der Waals surface area contributed by atoms with Gasteiger partial charge in [0.15, 0.2) is 0 Å². The van der Waals surface area contributed by atoms with E-state index in [0.29, 0.717) is 22.9 Å². The van der Waals surface area contributed by atoms with Gasteiger partial charge in [-0.3, -0.25) is 9.69 Å². The third-order valence-corrected chi connectivity index (χ3v) is 4.73. The van der Waals surface area contributed by atoms with Gasteiger partial charge in [-0.05, 0) is 32.3 Å². The van der Waals surface area contributed by atoms with E-state index in [2.05, 4.69) is 32.1 Å². The number of hydrogen-bond acceptors (Lipinski definition) is 9. The molecule has 2 aromatic rings. The van der Waals surface area contributed by atoms with Gasteiger partial charge in [0, 0.05) is 39.4 Å². The Morgan fingerprint density at radius 2 is 1.85 bits per heavy atom. The van der Waals surface area contributed by atoms with Crippen molar-refractivity contribution in [1.29, 1.82) is 0 Å². The molecule has 0 bridgehead atoms. The molecule has 0 aliphatic carbocycles. The number of carbonyl (C=O) groups excluding carboxylic acids is 2. The van der Waals surface area contributed by atoms with Crippen LogP contribution in [-0.4, -0.2) is 82.4 Å². The molecule has 0 radical (unpaired) electrons. The summed E-state index contributed by atoms with van der Waals surface area (Å²) in [6, 6.07) is 5.14. The van der Waals surface area contributed by atoms with Gasteiger partial charge in [0.25, 0.3) is 0 Å². The van der Waals surface area contributed by atoms with E-state index < -0.39 is 6.09 Å². The fourth-order valence-electron chi connectivity index (χ4n) is 2.85. The Kier molecular flexibility index (Phi) is 8.98. The number of methoxy groups -OCH3 is 2. The summed E-state index contributed by atoms with van der Waals surface area (Å²) in [5.41, 5.74) is 1.86. The van der Waals surface area contributed by atoms with E-state index in [1.54, 1.807) is 26.3 Å². The van der Waals surface area contributed by atoms with Crippen LogP contribution < -0.4 is 25.2 Å². The minimum Gasteiger partial charge on any atom is -0.494 e. The lowest BCUT2D eigenvalue weighted by Crippen LogP contribution is -2.29. The van der Waals surface area contributed by atoms with Crippen molar-refractivity contribution >= 4 is 40.8 Å². The molecule has 1 aromatic heterocycles. The van der Waals surface area contributed by atoms with E-state index in [0.717, 1.165) is 18.8 Å². The zero-order valence-corrected chi connectivity index (χ0v) is 19.9. The molecule has 0 aliphatic rings. The average Bonchev–Trinajstić information content (AvgIpc) is 2.81. The molecule has 0 spiro atoms. The van der Waals surface area contributed by atoms with Crippen LogP contribution in [0.25, 0.3) is 0 Å². The summed E-state index contributed by atoms with van der Waals surface area (Å²) < 4.78 is 10.3. The highest BCUT2D eigenvalue weighted by atomic mass is 16.5. The topological polar surface area (TPSA) is 112 Å². The van der Waals surface area contributed by atoms with Crippen molar-refractivity contribution in [3.8, 4) is 5.75 Å². The molecule has 2 amide bonds. The van der Waals surface area contributed by atoms with Crippen molar-refractivity contribution in [2.45, 2.75) is 0 Å². The predicted molar refractivity (Wildman–Crippen MR) is 130 cm³/mol. The zero-order valence-electron chi connectivity index (χ0n) is 19.9. The summed E-state index contributed by atoms with van der Waals surface area (Å²) in [6.45, 7) is 5.08. The summed E-state index contributed by atoms with van der Waals surface area (Å²) in [7, 11) is 10.3. The molecule has 0 saturated carbocycles. The normalized spacial score (nSPS) is 10.4. The molecule has 0 fully saturated rings. The number of nitrogens with one attached hydrogen (secondary N) is 2. The summed E-state index contributed by atoms with van der Waals surface area (Å²) in [6.07, 6.45) is 2.16. The van der Waals surface area contributed by atoms with Crippen LogP contribution in [0.4, 0.5) is 33.6 Å². The molecule has 11 nitrogen and oxygen atoms in total. The molecule has 33 heavy (non-hydrogen) atoms. The number of aromatic nitrogens is 2. The van der Waals surface area contributed by atoms with Crippen LogP contribution in [-0.2, 0) is 9.53 Å². The van der Waals surface area contributed by atoms with Crippen LogP contribution in [0, 0.1) is 0 Å². The van der Waals surface area contributed by atoms with Crippen molar-refractivity contribution in [3.05, 3.63) is 37.1 Å². The van der Waals surface area contributed by atoms with Crippen LogP contribution in [0.3, 0.4) is 0 Å². The van der Waals surface area contributed by atoms with Crippen LogP contribution in [0.5, 0.6) is 5.75 Å². The Labute approximate surface area is 194 Å². The van der Waals surface area contributed by atoms with E-state index in [9.17, 15) is 9.59 Å². The highest BCUT2D eigenvalue weighted by molar-refractivity contribution is 6.02. The zero-order chi connectivity index (χ0) is 24.5. The maximum atomic E-state index is 12.1. The van der Waals surface area contributed by atoms with Gasteiger partial charge in [-0.15, -0.1) is 0 Å². The molecule has 1 aromatic carbocycles. The molecule has 0 atom stereocenters. The Morgan fingerprint density at radius 3 is 2.45 bits per heavy atom. The molecule has 1 heterocycles. The highest BCUT2D eigenvalue weighted by Crippen LogP contribution is 2.38. The number of ether oxygens (including phenoxy) is 2. The van der Waals surface area contributed by atoms with Gasteiger partial charge < -0.3 is 29.9 Å². The van der Waals surface area contributed by atoms with Crippen molar-refractivity contribution in [2.75, 3.05) is 75.9 Å². The first-order chi connectivity index (χ1) is 15.7. The Hall–Kier alpha value is -3.86. The number of carbonyl (C=O) groups is 2. The number of rotatable bonds is 10. The van der Waals surface area contributed by atoms with E-state index in [1.165, 1.54) is 24.3 Å². The molecule has 2 rings (SSSR count). The first-order valence-electron chi connectivity index (χ1n) is 10.1. The Balaban J connectivity index is 2.44. The van der Waals surface area contributed by atoms with Crippen molar-refractivity contribution in [1.82, 2.24) is 14.9 Å². The minimum atomic E-state index is -0.559. The molecular weight excluding hydrogens is 426 g/mol. The number of benzene rings is 1. The van der Waals surface area contributed by atoms with Gasteiger partial charge in [0.05, 0.1) is 31.3 Å². The van der Waals surface area contributed by atoms with Gasteiger partial charge in [-0.1, -0.05) is 6.58 Å². The lowest BCUT2D eigenvalue weighted by molar-refractivity contribution is -0.111. The smallest absolute Gasteiger partial charge is 0.414 e. The summed E-state index contributed by atoms with van der Waals surface area (Å²) in [4.78, 5) is 37.8. The number of amides is 2. The largest absolute Gasteiger partial charge is 0.494 e. The average molecular weight is 458 g/mol. The second-order valence-corrected chi connectivity index (χ2v) is 7.38. The van der Waals surface area contributed by atoms with Crippen LogP contribution in [0.2, 0.25) is 0 Å². The fourth-order valence-corrected chi connectivity index (χ4v) is 2.85. The lowest BCUT2D eigenvalue weighted by Gasteiger charge is -2.26. The maximum absolute atomic E-state index is 12.1. The monoisotopic (exact) mass is 457 g/mol. The van der Waals surface area contributed by atoms with Crippen LogP contribution >= 0.6 is 0 Å². The summed E-state index contributed by atoms with van der Waals surface area (Å²) in [5.74, 6) is 0.759. The van der Waals surface area contributed by atoms with Crippen LogP contribution in [0.1, 0.15) is 0 Å². The fraction of sp³-hybridized carbons (Fsp3) is 0.364. The summed E-state index contributed by atoms with van der Waals surface area (Å²) in [5, 5.41) is 5.93. The van der Waals surface area contributed by atoms with E-state index in [1.807, 2.05) is 32.1 Å². The van der Waals surface area contributed by atoms with Gasteiger partial charge >= 0.3 is 6.09 Å². The molecule has 0 unspecified atom stereocenters. The maximum Gasteiger partial charge on any atom is 0.414 e. The van der Waals surface area contributed by atoms with Crippen molar-refractivity contribution in [3.63, 3.8) is 0 Å². The first-order valence-corrected chi connectivity index (χ1v) is 10.1. The van der Waals surface area contributed by atoms with Crippen molar-refractivity contribution in [2.24, 2.45) is 0 Å². The third-order valence-electron chi connectivity index (χ3n) is 4.73. The Bertz CT molecular complexity index is 997. The van der Waals surface area contributed by atoms with E-state index in [4.69, 9.17) is 9.47 Å². The SMILES string of the molecule is C=CC(=O)Nc1cc(Nc2nccc(N(C)C(=O)OC)n2)c(OC)cc1N(C)CCN(C)C. The number of likely N-dealkylation sites (N-methyl/N-ethyl adjacent to an activating group) is 2. The number of hydrogen-bond donors (Lipinski definition) is 2. The van der Waals surface area contributed by atoms with Gasteiger partial charge in [-0.25, -0.2) is 9.78 Å². The van der Waals surface area contributed by atoms with Gasteiger partial charge in [0.1, 0.15) is 11.6 Å². The quantitative estimate of drug-likeness (QED) is 0.520. The van der Waals surface area contributed by atoms with E-state index >= 15 is 0 Å². The third kappa shape index (κ3) is 6.81. The molecule has 2 N–H and O–H groups in total. The molecule has 0 saturated heterocycles. The lowest BCUT2D eigenvalue weighted by atomic mass is 10.2. The van der Waals surface area contributed by atoms with Gasteiger partial charge in [-0.2, -0.15) is 4.98 Å². The molecule has 11 heteroatoms. The first kappa shape index (κ1) is 25.4. The summed E-state index contributed by atoms with van der Waals surface area (Å²) >= 11 is 0. The van der Waals surface area contributed by atoms with E-state index in [-0.39, 0.29) is 11.9 Å². The van der Waals surface area contributed by atoms with Crippen LogP contribution in [0.15, 0.2) is 37.1 Å². The molecule has 0 aliphatic heterocycles. The Morgan fingerprint density at radius 1 is 1.12 bits per heavy atom. The number of anilines is 5. The molecular formula is C22H31N7O4.